The van der Waals surface area contributed by atoms with E-state index in [1.54, 1.807) is 6.20 Å². The van der Waals surface area contributed by atoms with Gasteiger partial charge in [-0.1, -0.05) is 6.07 Å². The summed E-state index contributed by atoms with van der Waals surface area (Å²) in [7, 11) is 0. The summed E-state index contributed by atoms with van der Waals surface area (Å²) in [4.78, 5) is 11.3. The summed E-state index contributed by atoms with van der Waals surface area (Å²) in [5.74, 6) is 0.949. The Hall–Kier alpha value is -3.98. The summed E-state index contributed by atoms with van der Waals surface area (Å²) in [5.41, 5.74) is 6.73. The molecule has 0 atom stereocenters. The number of aromatic nitrogens is 4. The summed E-state index contributed by atoms with van der Waals surface area (Å²) in [6, 6.07) is 17.8. The van der Waals surface area contributed by atoms with Crippen molar-refractivity contribution in [1.82, 2.24) is 19.7 Å². The highest BCUT2D eigenvalue weighted by Gasteiger charge is 2.26. The van der Waals surface area contributed by atoms with E-state index < -0.39 is 0 Å². The van der Waals surface area contributed by atoms with Crippen LogP contribution in [0.3, 0.4) is 0 Å². The molecule has 4 aromatic rings. The SMILES string of the molecule is Cc1cc(C#N)ccc1N1CCc2c(-n3ccc(-c4ccccn4)n3)ccnc21. The van der Waals surface area contributed by atoms with E-state index in [0.717, 1.165) is 47.1 Å². The van der Waals surface area contributed by atoms with Gasteiger partial charge >= 0.3 is 0 Å². The molecule has 0 unspecified atom stereocenters. The molecule has 1 aliphatic rings. The quantitative estimate of drug-likeness (QED) is 0.534. The Morgan fingerprint density at radius 3 is 2.69 bits per heavy atom. The number of hydrogen-bond donors (Lipinski definition) is 0. The predicted octanol–water partition coefficient (Wildman–Crippen LogP) is 4.20. The highest BCUT2D eigenvalue weighted by atomic mass is 15.3. The average molecular weight is 378 g/mol. The van der Waals surface area contributed by atoms with Crippen LogP contribution in [-0.2, 0) is 6.42 Å². The van der Waals surface area contributed by atoms with Gasteiger partial charge in [-0.2, -0.15) is 10.4 Å². The molecule has 0 spiro atoms. The molecule has 29 heavy (non-hydrogen) atoms. The van der Waals surface area contributed by atoms with Crippen molar-refractivity contribution in [1.29, 1.82) is 5.26 Å². The predicted molar refractivity (Wildman–Crippen MR) is 111 cm³/mol. The van der Waals surface area contributed by atoms with Gasteiger partial charge in [0.05, 0.1) is 23.0 Å². The number of nitriles is 1. The van der Waals surface area contributed by atoms with Crippen LogP contribution in [0.2, 0.25) is 0 Å². The van der Waals surface area contributed by atoms with Crippen LogP contribution in [0.1, 0.15) is 16.7 Å². The maximum absolute atomic E-state index is 9.13. The third-order valence-electron chi connectivity index (χ3n) is 5.23. The summed E-state index contributed by atoms with van der Waals surface area (Å²) in [5, 5.41) is 13.9. The first-order valence-corrected chi connectivity index (χ1v) is 9.48. The number of aryl methyl sites for hydroxylation is 1. The fraction of sp³-hybridized carbons (Fsp3) is 0.130. The minimum Gasteiger partial charge on any atom is -0.326 e. The Balaban J connectivity index is 1.54. The highest BCUT2D eigenvalue weighted by Crippen LogP contribution is 2.37. The number of rotatable bonds is 3. The van der Waals surface area contributed by atoms with Crippen LogP contribution < -0.4 is 4.90 Å². The van der Waals surface area contributed by atoms with Gasteiger partial charge in [0.2, 0.25) is 0 Å². The van der Waals surface area contributed by atoms with Gasteiger partial charge < -0.3 is 4.90 Å². The lowest BCUT2D eigenvalue weighted by Crippen LogP contribution is -2.15. The molecule has 6 nitrogen and oxygen atoms in total. The van der Waals surface area contributed by atoms with Gasteiger partial charge in [-0.25, -0.2) is 9.67 Å². The van der Waals surface area contributed by atoms with Crippen molar-refractivity contribution in [2.45, 2.75) is 13.3 Å². The molecule has 3 aromatic heterocycles. The Labute approximate surface area is 168 Å². The van der Waals surface area contributed by atoms with Gasteiger partial charge in [-0.15, -0.1) is 0 Å². The van der Waals surface area contributed by atoms with E-state index in [1.807, 2.05) is 72.5 Å². The van der Waals surface area contributed by atoms with E-state index in [9.17, 15) is 0 Å². The molecule has 0 radical (unpaired) electrons. The topological polar surface area (TPSA) is 70.6 Å². The zero-order valence-corrected chi connectivity index (χ0v) is 15.9. The van der Waals surface area contributed by atoms with E-state index in [-0.39, 0.29) is 0 Å². The lowest BCUT2D eigenvalue weighted by Gasteiger charge is -2.21. The van der Waals surface area contributed by atoms with Crippen LogP contribution in [0.5, 0.6) is 0 Å². The smallest absolute Gasteiger partial charge is 0.138 e. The summed E-state index contributed by atoms with van der Waals surface area (Å²) < 4.78 is 1.90. The molecule has 0 amide bonds. The van der Waals surface area contributed by atoms with Crippen LogP contribution >= 0.6 is 0 Å². The zero-order chi connectivity index (χ0) is 19.8. The molecule has 0 fully saturated rings. The summed E-state index contributed by atoms with van der Waals surface area (Å²) in [6.45, 7) is 2.88. The van der Waals surface area contributed by atoms with Crippen molar-refractivity contribution in [2.75, 3.05) is 11.4 Å². The normalized spacial score (nSPS) is 12.6. The second-order valence-corrected chi connectivity index (χ2v) is 7.01. The molecule has 0 N–H and O–H groups in total. The Morgan fingerprint density at radius 1 is 0.966 bits per heavy atom. The maximum Gasteiger partial charge on any atom is 0.138 e. The Morgan fingerprint density at radius 2 is 1.90 bits per heavy atom. The number of pyridine rings is 2. The second-order valence-electron chi connectivity index (χ2n) is 7.01. The standard InChI is InChI=1S/C23H18N6/c1-16-14-17(15-24)5-6-21(16)28-12-8-18-22(7-11-26-23(18)28)29-13-9-20(27-29)19-4-2-3-10-25-19/h2-7,9-11,13-14H,8,12H2,1H3. The van der Waals surface area contributed by atoms with Gasteiger partial charge in [0, 0.05) is 36.4 Å². The van der Waals surface area contributed by atoms with Gasteiger partial charge in [0.25, 0.3) is 0 Å². The molecule has 0 saturated heterocycles. The van der Waals surface area contributed by atoms with Gasteiger partial charge in [0.15, 0.2) is 0 Å². The van der Waals surface area contributed by atoms with E-state index in [2.05, 4.69) is 20.9 Å². The van der Waals surface area contributed by atoms with Gasteiger partial charge in [0.1, 0.15) is 11.5 Å². The van der Waals surface area contributed by atoms with Gasteiger partial charge in [-0.3, -0.25) is 4.98 Å². The van der Waals surface area contributed by atoms with E-state index in [1.165, 1.54) is 5.56 Å². The van der Waals surface area contributed by atoms with Gasteiger partial charge in [-0.05, 0) is 61.4 Å². The van der Waals surface area contributed by atoms with Crippen molar-refractivity contribution in [3.63, 3.8) is 0 Å². The number of hydrogen-bond acceptors (Lipinski definition) is 5. The molecule has 140 valence electrons. The largest absolute Gasteiger partial charge is 0.326 e. The lowest BCUT2D eigenvalue weighted by atomic mass is 10.1. The van der Waals surface area contributed by atoms with Crippen LogP contribution in [-0.4, -0.2) is 26.3 Å². The monoisotopic (exact) mass is 378 g/mol. The number of nitrogens with zero attached hydrogens (tertiary/aromatic N) is 6. The minimum absolute atomic E-state index is 0.672. The molecule has 0 aliphatic carbocycles. The van der Waals surface area contributed by atoms with Crippen LogP contribution in [0.25, 0.3) is 17.1 Å². The first-order chi connectivity index (χ1) is 14.2. The van der Waals surface area contributed by atoms with Crippen molar-refractivity contribution in [3.05, 3.63) is 83.8 Å². The lowest BCUT2D eigenvalue weighted by molar-refractivity contribution is 0.865. The molecule has 0 saturated carbocycles. The number of benzene rings is 1. The maximum atomic E-state index is 9.13. The Bertz CT molecular complexity index is 1240. The number of fused-ring (bicyclic) bond motifs is 1. The van der Waals surface area contributed by atoms with Crippen molar-refractivity contribution < 1.29 is 0 Å². The second kappa shape index (κ2) is 6.88. The third-order valence-corrected chi connectivity index (χ3v) is 5.23. The van der Waals surface area contributed by atoms with Crippen LogP contribution in [0.4, 0.5) is 11.5 Å². The zero-order valence-electron chi connectivity index (χ0n) is 15.9. The van der Waals surface area contributed by atoms with Crippen LogP contribution in [0, 0.1) is 18.3 Å². The average Bonchev–Trinajstić information content (AvgIpc) is 3.42. The molecular formula is C23H18N6. The molecule has 1 aliphatic heterocycles. The van der Waals surface area contributed by atoms with E-state index in [0.29, 0.717) is 5.56 Å². The first kappa shape index (κ1) is 17.1. The summed E-state index contributed by atoms with van der Waals surface area (Å²) in [6.07, 6.45) is 6.45. The fourth-order valence-corrected chi connectivity index (χ4v) is 3.86. The third kappa shape index (κ3) is 2.93. The van der Waals surface area contributed by atoms with Crippen LogP contribution in [0.15, 0.2) is 67.1 Å². The molecule has 1 aromatic carbocycles. The first-order valence-electron chi connectivity index (χ1n) is 9.48. The van der Waals surface area contributed by atoms with E-state index in [4.69, 9.17) is 10.4 Å². The van der Waals surface area contributed by atoms with Crippen molar-refractivity contribution in [2.24, 2.45) is 0 Å². The molecule has 0 bridgehead atoms. The van der Waals surface area contributed by atoms with E-state index >= 15 is 0 Å². The summed E-state index contributed by atoms with van der Waals surface area (Å²) >= 11 is 0. The molecule has 4 heterocycles. The molecule has 6 heteroatoms. The minimum atomic E-state index is 0.672. The number of anilines is 2. The molecular weight excluding hydrogens is 360 g/mol. The fourth-order valence-electron chi connectivity index (χ4n) is 3.86. The highest BCUT2D eigenvalue weighted by molar-refractivity contribution is 5.72. The van der Waals surface area contributed by atoms with Crippen molar-refractivity contribution >= 4 is 11.5 Å². The Kier molecular flexibility index (Phi) is 4.07. The molecule has 5 rings (SSSR count). The van der Waals surface area contributed by atoms with Crippen molar-refractivity contribution in [3.8, 4) is 23.1 Å².